The van der Waals surface area contributed by atoms with Crippen molar-refractivity contribution in [1.82, 2.24) is 4.98 Å². The van der Waals surface area contributed by atoms with Crippen molar-refractivity contribution in [3.63, 3.8) is 0 Å². The van der Waals surface area contributed by atoms with Gasteiger partial charge in [-0.05, 0) is 24.3 Å². The van der Waals surface area contributed by atoms with Gasteiger partial charge in [-0.25, -0.2) is 4.98 Å². The minimum absolute atomic E-state index is 0.293. The van der Waals surface area contributed by atoms with Gasteiger partial charge in [0.1, 0.15) is 11.3 Å². The Balaban J connectivity index is 1.93. The lowest BCUT2D eigenvalue weighted by Gasteiger charge is -2.06. The maximum atomic E-state index is 12.3. The van der Waals surface area contributed by atoms with Crippen molar-refractivity contribution in [2.24, 2.45) is 0 Å². The van der Waals surface area contributed by atoms with Gasteiger partial charge in [-0.3, -0.25) is 10.1 Å². The molecule has 0 aliphatic heterocycles. The molecule has 3 rings (SSSR count). The second kappa shape index (κ2) is 6.12. The first kappa shape index (κ1) is 15.1. The number of anilines is 1. The number of halogens is 2. The fourth-order valence-electron chi connectivity index (χ4n) is 1.99. The summed E-state index contributed by atoms with van der Waals surface area (Å²) in [4.78, 5) is 16.7. The molecule has 1 aromatic heterocycles. The van der Waals surface area contributed by atoms with Crippen molar-refractivity contribution in [3.05, 3.63) is 52.0 Å². The maximum Gasteiger partial charge on any atom is 0.261 e. The van der Waals surface area contributed by atoms with E-state index in [4.69, 9.17) is 27.9 Å². The molecule has 1 amide bonds. The van der Waals surface area contributed by atoms with Crippen LogP contribution >= 0.6 is 34.5 Å². The van der Waals surface area contributed by atoms with E-state index in [0.29, 0.717) is 32.0 Å². The first-order chi connectivity index (χ1) is 10.6. The molecule has 2 aromatic carbocycles. The molecule has 0 spiro atoms. The number of fused-ring (bicyclic) bond motifs is 1. The van der Waals surface area contributed by atoms with Gasteiger partial charge in [-0.15, -0.1) is 0 Å². The smallest absolute Gasteiger partial charge is 0.261 e. The zero-order chi connectivity index (χ0) is 15.7. The number of hydrogen-bond donors (Lipinski definition) is 1. The Labute approximate surface area is 140 Å². The van der Waals surface area contributed by atoms with Crippen molar-refractivity contribution < 1.29 is 9.53 Å². The third-order valence-corrected chi connectivity index (χ3v) is 4.75. The highest BCUT2D eigenvalue weighted by Gasteiger charge is 2.15. The van der Waals surface area contributed by atoms with Crippen molar-refractivity contribution in [1.29, 1.82) is 0 Å². The number of nitrogens with one attached hydrogen (secondary N) is 1. The molecular weight excluding hydrogens is 343 g/mol. The Morgan fingerprint density at radius 1 is 1.23 bits per heavy atom. The summed E-state index contributed by atoms with van der Waals surface area (Å²) >= 11 is 13.4. The number of benzene rings is 2. The van der Waals surface area contributed by atoms with Gasteiger partial charge in [0.05, 0.1) is 27.4 Å². The van der Waals surface area contributed by atoms with E-state index in [1.54, 1.807) is 30.3 Å². The number of thiazole rings is 1. The summed E-state index contributed by atoms with van der Waals surface area (Å²) in [6, 6.07) is 10.5. The summed E-state index contributed by atoms with van der Waals surface area (Å²) in [5, 5.41) is 4.02. The molecule has 0 bridgehead atoms. The summed E-state index contributed by atoms with van der Waals surface area (Å²) in [6.45, 7) is 0. The fourth-order valence-corrected chi connectivity index (χ4v) is 3.27. The van der Waals surface area contributed by atoms with E-state index >= 15 is 0 Å². The Hall–Kier alpha value is -1.82. The molecular formula is C15H10Cl2N2O2S. The molecule has 0 unspecified atom stereocenters. The molecule has 0 aliphatic carbocycles. The van der Waals surface area contributed by atoms with Crippen LogP contribution in [0.1, 0.15) is 10.4 Å². The van der Waals surface area contributed by atoms with E-state index in [2.05, 4.69) is 10.3 Å². The van der Waals surface area contributed by atoms with Gasteiger partial charge in [0.2, 0.25) is 0 Å². The predicted octanol–water partition coefficient (Wildman–Crippen LogP) is 4.86. The zero-order valence-corrected chi connectivity index (χ0v) is 13.7. The van der Waals surface area contributed by atoms with Crippen LogP contribution in [0.25, 0.3) is 10.2 Å². The first-order valence-corrected chi connectivity index (χ1v) is 7.86. The molecule has 22 heavy (non-hydrogen) atoms. The number of rotatable bonds is 3. The van der Waals surface area contributed by atoms with Gasteiger partial charge in [0.15, 0.2) is 5.13 Å². The molecule has 7 heteroatoms. The Bertz CT molecular complexity index is 864. The predicted molar refractivity (Wildman–Crippen MR) is 90.6 cm³/mol. The molecule has 0 saturated carbocycles. The molecule has 112 valence electrons. The minimum atomic E-state index is -0.293. The van der Waals surface area contributed by atoms with E-state index in [1.165, 1.54) is 18.4 Å². The van der Waals surface area contributed by atoms with E-state index in [1.807, 2.05) is 6.07 Å². The number of methoxy groups -OCH3 is 1. The van der Waals surface area contributed by atoms with Gasteiger partial charge in [0.25, 0.3) is 5.91 Å². The van der Waals surface area contributed by atoms with Gasteiger partial charge in [-0.2, -0.15) is 0 Å². The lowest BCUT2D eigenvalue weighted by molar-refractivity contribution is 0.102. The Morgan fingerprint density at radius 3 is 2.77 bits per heavy atom. The van der Waals surface area contributed by atoms with Crippen LogP contribution in [0.2, 0.25) is 10.0 Å². The highest BCUT2D eigenvalue weighted by molar-refractivity contribution is 7.22. The topological polar surface area (TPSA) is 51.2 Å². The molecule has 4 nitrogen and oxygen atoms in total. The zero-order valence-electron chi connectivity index (χ0n) is 11.4. The summed E-state index contributed by atoms with van der Waals surface area (Å²) in [5.41, 5.74) is 1.02. The van der Waals surface area contributed by atoms with Crippen molar-refractivity contribution in [2.75, 3.05) is 12.4 Å². The highest BCUT2D eigenvalue weighted by Crippen LogP contribution is 2.35. The highest BCUT2D eigenvalue weighted by atomic mass is 35.5. The third-order valence-electron chi connectivity index (χ3n) is 3.02. The van der Waals surface area contributed by atoms with Crippen LogP contribution in [0.15, 0.2) is 36.4 Å². The number of hydrogen-bond acceptors (Lipinski definition) is 4. The van der Waals surface area contributed by atoms with Crippen LogP contribution in [0.3, 0.4) is 0 Å². The molecule has 3 aromatic rings. The number of carbonyl (C=O) groups is 1. The number of para-hydroxylation sites is 1. The standard InChI is InChI=1S/C15H10Cl2N2O2S/c1-21-10-5-3-2-4-8(10)14(20)19-15-18-13-11(22-15)7-6-9(16)12(13)17/h2-7H,1H3,(H,18,19,20). The molecule has 1 heterocycles. The molecule has 1 N–H and O–H groups in total. The van der Waals surface area contributed by atoms with Crippen LogP contribution in [0, 0.1) is 0 Å². The number of carbonyl (C=O) groups excluding carboxylic acids is 1. The van der Waals surface area contributed by atoms with E-state index in [0.717, 1.165) is 4.70 Å². The Morgan fingerprint density at radius 2 is 2.00 bits per heavy atom. The number of amides is 1. The minimum Gasteiger partial charge on any atom is -0.496 e. The van der Waals surface area contributed by atoms with Crippen LogP contribution in [0.5, 0.6) is 5.75 Å². The van der Waals surface area contributed by atoms with Crippen LogP contribution < -0.4 is 10.1 Å². The normalized spacial score (nSPS) is 10.7. The van der Waals surface area contributed by atoms with E-state index in [9.17, 15) is 4.79 Å². The lowest BCUT2D eigenvalue weighted by Crippen LogP contribution is -2.12. The van der Waals surface area contributed by atoms with E-state index in [-0.39, 0.29) is 5.91 Å². The van der Waals surface area contributed by atoms with Crippen molar-refractivity contribution in [2.45, 2.75) is 0 Å². The molecule has 0 aliphatic rings. The van der Waals surface area contributed by atoms with E-state index < -0.39 is 0 Å². The molecule has 0 fully saturated rings. The lowest BCUT2D eigenvalue weighted by atomic mass is 10.2. The maximum absolute atomic E-state index is 12.3. The van der Waals surface area contributed by atoms with Crippen molar-refractivity contribution >= 4 is 55.8 Å². The number of aromatic nitrogens is 1. The van der Waals surface area contributed by atoms with Gasteiger partial charge >= 0.3 is 0 Å². The molecule has 0 radical (unpaired) electrons. The number of nitrogens with zero attached hydrogens (tertiary/aromatic N) is 1. The van der Waals surface area contributed by atoms with Gasteiger partial charge < -0.3 is 4.74 Å². The van der Waals surface area contributed by atoms with Crippen molar-refractivity contribution in [3.8, 4) is 5.75 Å². The average molecular weight is 353 g/mol. The fraction of sp³-hybridized carbons (Fsp3) is 0.0667. The number of ether oxygens (including phenoxy) is 1. The second-order valence-electron chi connectivity index (χ2n) is 4.38. The second-order valence-corrected chi connectivity index (χ2v) is 6.20. The van der Waals surface area contributed by atoms with Gasteiger partial charge in [-0.1, -0.05) is 46.7 Å². The Kier molecular flexibility index (Phi) is 4.20. The monoisotopic (exact) mass is 352 g/mol. The summed E-state index contributed by atoms with van der Waals surface area (Å²) < 4.78 is 6.03. The first-order valence-electron chi connectivity index (χ1n) is 6.29. The quantitative estimate of drug-likeness (QED) is 0.731. The SMILES string of the molecule is COc1ccccc1C(=O)Nc1nc2c(Cl)c(Cl)ccc2s1. The largest absolute Gasteiger partial charge is 0.496 e. The van der Waals surface area contributed by atoms with Crippen LogP contribution in [0.4, 0.5) is 5.13 Å². The summed E-state index contributed by atoms with van der Waals surface area (Å²) in [5.74, 6) is 0.209. The molecule has 0 saturated heterocycles. The summed E-state index contributed by atoms with van der Waals surface area (Å²) in [6.07, 6.45) is 0. The van der Waals surface area contributed by atoms with Crippen LogP contribution in [-0.4, -0.2) is 18.0 Å². The summed E-state index contributed by atoms with van der Waals surface area (Å²) in [7, 11) is 1.52. The van der Waals surface area contributed by atoms with Crippen LogP contribution in [-0.2, 0) is 0 Å². The average Bonchev–Trinajstić information content (AvgIpc) is 2.94. The van der Waals surface area contributed by atoms with Gasteiger partial charge in [0, 0.05) is 0 Å². The molecule has 0 atom stereocenters. The third kappa shape index (κ3) is 2.75.